The summed E-state index contributed by atoms with van der Waals surface area (Å²) in [6, 6.07) is 37.9. The molecular weight excluding hydrogens is 328 g/mol. The monoisotopic (exact) mass is 350 g/mol. The van der Waals surface area contributed by atoms with Gasteiger partial charge in [-0.05, 0) is 41.5 Å². The summed E-state index contributed by atoms with van der Waals surface area (Å²) in [5.74, 6) is 0. The lowest BCUT2D eigenvalue weighted by Crippen LogP contribution is -2.11. The summed E-state index contributed by atoms with van der Waals surface area (Å²) in [4.78, 5) is 2.29. The molecule has 0 saturated heterocycles. The van der Waals surface area contributed by atoms with Crippen LogP contribution in [0.3, 0.4) is 0 Å². The summed E-state index contributed by atoms with van der Waals surface area (Å²) in [6.07, 6.45) is 0. The quantitative estimate of drug-likeness (QED) is 0.459. The van der Waals surface area contributed by atoms with Crippen LogP contribution in [0.15, 0.2) is 109 Å². The number of hydrogen-bond donors (Lipinski definition) is 1. The highest BCUT2D eigenvalue weighted by Gasteiger charge is 2.16. The van der Waals surface area contributed by atoms with Gasteiger partial charge in [-0.3, -0.25) is 0 Å². The number of nitrogens with zero attached hydrogens (tertiary/aromatic N) is 1. The molecule has 4 rings (SSSR count). The second kappa shape index (κ2) is 7.90. The maximum Gasteiger partial charge on any atom is 0.0540 e. The molecule has 132 valence electrons. The highest BCUT2D eigenvalue weighted by Crippen LogP contribution is 2.40. The molecule has 2 heteroatoms. The molecule has 2 N–H and O–H groups in total. The molecule has 4 aromatic carbocycles. The molecule has 0 atom stereocenters. The summed E-state index contributed by atoms with van der Waals surface area (Å²) in [6.45, 7) is 0.525. The van der Waals surface area contributed by atoms with Gasteiger partial charge in [-0.25, -0.2) is 0 Å². The Hall–Kier alpha value is -3.36. The first kappa shape index (κ1) is 17.1. The SMILES string of the molecule is NCc1cccc(N(c2ccccc2)c2ccccc2-c2ccccc2)c1. The van der Waals surface area contributed by atoms with Crippen LogP contribution in [0.2, 0.25) is 0 Å². The van der Waals surface area contributed by atoms with Crippen molar-refractivity contribution in [2.75, 3.05) is 4.90 Å². The topological polar surface area (TPSA) is 29.3 Å². The van der Waals surface area contributed by atoms with Gasteiger partial charge in [0.1, 0.15) is 0 Å². The van der Waals surface area contributed by atoms with Crippen LogP contribution in [0.1, 0.15) is 5.56 Å². The second-order valence-electron chi connectivity index (χ2n) is 6.43. The Morgan fingerprint density at radius 3 is 1.96 bits per heavy atom. The van der Waals surface area contributed by atoms with E-state index in [1.807, 2.05) is 12.1 Å². The van der Waals surface area contributed by atoms with Crippen molar-refractivity contribution < 1.29 is 0 Å². The zero-order chi connectivity index (χ0) is 18.5. The second-order valence-corrected chi connectivity index (χ2v) is 6.43. The number of benzene rings is 4. The van der Waals surface area contributed by atoms with Gasteiger partial charge < -0.3 is 10.6 Å². The van der Waals surface area contributed by atoms with Crippen molar-refractivity contribution in [3.05, 3.63) is 115 Å². The first-order chi connectivity index (χ1) is 13.4. The zero-order valence-corrected chi connectivity index (χ0v) is 15.1. The summed E-state index contributed by atoms with van der Waals surface area (Å²) in [7, 11) is 0. The van der Waals surface area contributed by atoms with Crippen molar-refractivity contribution in [2.45, 2.75) is 6.54 Å². The molecule has 0 unspecified atom stereocenters. The Morgan fingerprint density at radius 2 is 1.22 bits per heavy atom. The van der Waals surface area contributed by atoms with Crippen molar-refractivity contribution in [1.29, 1.82) is 0 Å². The highest BCUT2D eigenvalue weighted by molar-refractivity contribution is 5.87. The number of rotatable bonds is 5. The van der Waals surface area contributed by atoms with E-state index in [1.165, 1.54) is 11.1 Å². The maximum atomic E-state index is 5.90. The molecule has 0 heterocycles. The molecule has 0 spiro atoms. The molecule has 0 amide bonds. The normalized spacial score (nSPS) is 10.6. The van der Waals surface area contributed by atoms with E-state index in [0.29, 0.717) is 6.54 Å². The molecule has 0 aliphatic carbocycles. The van der Waals surface area contributed by atoms with Crippen LogP contribution in [0, 0.1) is 0 Å². The third kappa shape index (κ3) is 3.62. The molecule has 0 bridgehead atoms. The van der Waals surface area contributed by atoms with Crippen molar-refractivity contribution in [1.82, 2.24) is 0 Å². The van der Waals surface area contributed by atoms with E-state index in [0.717, 1.165) is 22.6 Å². The fourth-order valence-corrected chi connectivity index (χ4v) is 3.36. The molecule has 0 radical (unpaired) electrons. The van der Waals surface area contributed by atoms with Crippen LogP contribution in [-0.4, -0.2) is 0 Å². The van der Waals surface area contributed by atoms with E-state index in [-0.39, 0.29) is 0 Å². The van der Waals surface area contributed by atoms with Crippen molar-refractivity contribution in [2.24, 2.45) is 5.73 Å². The maximum absolute atomic E-state index is 5.90. The van der Waals surface area contributed by atoms with Crippen molar-refractivity contribution >= 4 is 17.1 Å². The van der Waals surface area contributed by atoms with Crippen LogP contribution < -0.4 is 10.6 Å². The van der Waals surface area contributed by atoms with E-state index in [9.17, 15) is 0 Å². The lowest BCUT2D eigenvalue weighted by Gasteiger charge is -2.28. The lowest BCUT2D eigenvalue weighted by molar-refractivity contribution is 1.07. The largest absolute Gasteiger partial charge is 0.326 e. The minimum absolute atomic E-state index is 0.525. The Bertz CT molecular complexity index is 1010. The minimum Gasteiger partial charge on any atom is -0.326 e. The molecule has 0 aliphatic rings. The van der Waals surface area contributed by atoms with E-state index in [1.54, 1.807) is 0 Å². The van der Waals surface area contributed by atoms with Gasteiger partial charge in [0.25, 0.3) is 0 Å². The molecule has 0 fully saturated rings. The van der Waals surface area contributed by atoms with Gasteiger partial charge in [0.2, 0.25) is 0 Å². The number of anilines is 3. The summed E-state index contributed by atoms with van der Waals surface area (Å²) >= 11 is 0. The van der Waals surface area contributed by atoms with Gasteiger partial charge in [0.05, 0.1) is 5.69 Å². The molecule has 2 nitrogen and oxygen atoms in total. The predicted molar refractivity (Wildman–Crippen MR) is 114 cm³/mol. The standard InChI is InChI=1S/C25H22N2/c26-19-20-10-9-15-23(18-20)27(22-13-5-2-6-14-22)25-17-8-7-16-24(25)21-11-3-1-4-12-21/h1-18H,19,26H2. The Morgan fingerprint density at radius 1 is 0.593 bits per heavy atom. The predicted octanol–water partition coefficient (Wildman–Crippen LogP) is 6.28. The number of nitrogens with two attached hydrogens (primary N) is 1. The Kier molecular flexibility index (Phi) is 4.99. The van der Waals surface area contributed by atoms with E-state index >= 15 is 0 Å². The van der Waals surface area contributed by atoms with E-state index in [4.69, 9.17) is 5.73 Å². The van der Waals surface area contributed by atoms with Crippen molar-refractivity contribution in [3.8, 4) is 11.1 Å². The summed E-state index contributed by atoms with van der Waals surface area (Å²) in [5, 5.41) is 0. The summed E-state index contributed by atoms with van der Waals surface area (Å²) < 4.78 is 0. The molecular formula is C25H22N2. The minimum atomic E-state index is 0.525. The third-order valence-corrected chi connectivity index (χ3v) is 4.65. The van der Waals surface area contributed by atoms with Crippen LogP contribution in [0.4, 0.5) is 17.1 Å². The van der Waals surface area contributed by atoms with Gasteiger partial charge in [0, 0.05) is 23.5 Å². The van der Waals surface area contributed by atoms with Crippen LogP contribution >= 0.6 is 0 Å². The van der Waals surface area contributed by atoms with E-state index < -0.39 is 0 Å². The van der Waals surface area contributed by atoms with Gasteiger partial charge in [0.15, 0.2) is 0 Å². The Balaban J connectivity index is 1.93. The first-order valence-electron chi connectivity index (χ1n) is 9.15. The van der Waals surface area contributed by atoms with Crippen LogP contribution in [0.25, 0.3) is 11.1 Å². The highest BCUT2D eigenvalue weighted by atomic mass is 15.1. The molecule has 0 saturated carbocycles. The Labute approximate surface area is 160 Å². The smallest absolute Gasteiger partial charge is 0.0540 e. The number of hydrogen-bond acceptors (Lipinski definition) is 2. The van der Waals surface area contributed by atoms with Gasteiger partial charge >= 0.3 is 0 Å². The van der Waals surface area contributed by atoms with Crippen LogP contribution in [0.5, 0.6) is 0 Å². The van der Waals surface area contributed by atoms with Crippen molar-refractivity contribution in [3.63, 3.8) is 0 Å². The lowest BCUT2D eigenvalue weighted by atomic mass is 10.0. The molecule has 0 aromatic heterocycles. The fourth-order valence-electron chi connectivity index (χ4n) is 3.36. The van der Waals surface area contributed by atoms with Gasteiger partial charge in [-0.15, -0.1) is 0 Å². The summed E-state index contributed by atoms with van der Waals surface area (Å²) in [5.41, 5.74) is 12.8. The first-order valence-corrected chi connectivity index (χ1v) is 9.15. The third-order valence-electron chi connectivity index (χ3n) is 4.65. The molecule has 0 aliphatic heterocycles. The average molecular weight is 350 g/mol. The number of para-hydroxylation sites is 2. The van der Waals surface area contributed by atoms with E-state index in [2.05, 4.69) is 102 Å². The molecule has 27 heavy (non-hydrogen) atoms. The molecule has 4 aromatic rings. The average Bonchev–Trinajstić information content (AvgIpc) is 2.76. The fraction of sp³-hybridized carbons (Fsp3) is 0.0400. The van der Waals surface area contributed by atoms with Gasteiger partial charge in [-0.1, -0.05) is 78.9 Å². The zero-order valence-electron chi connectivity index (χ0n) is 15.1. The van der Waals surface area contributed by atoms with Crippen LogP contribution in [-0.2, 0) is 6.54 Å². The van der Waals surface area contributed by atoms with Gasteiger partial charge in [-0.2, -0.15) is 0 Å².